The molecular formula is C17H21O15P3. The highest BCUT2D eigenvalue weighted by molar-refractivity contribution is 7.47. The fraction of sp³-hybridized carbons (Fsp3) is 0.176. The SMILES string of the molecule is COc1cc(/C=C\c2ccc(OC)c(OP(=O)(O)O)c2OP(=O)(O)O)cc(OP(=O)(O)O)c1OC. The van der Waals surface area contributed by atoms with Crippen molar-refractivity contribution in [1.29, 1.82) is 0 Å². The molecule has 18 heteroatoms. The van der Waals surface area contributed by atoms with Crippen molar-refractivity contribution in [2.24, 2.45) is 0 Å². The van der Waals surface area contributed by atoms with Gasteiger partial charge < -0.3 is 27.8 Å². The van der Waals surface area contributed by atoms with Crippen molar-refractivity contribution >= 4 is 35.6 Å². The van der Waals surface area contributed by atoms with E-state index < -0.39 is 35.0 Å². The van der Waals surface area contributed by atoms with E-state index >= 15 is 0 Å². The number of hydrogen-bond acceptors (Lipinski definition) is 9. The molecule has 2 rings (SSSR count). The van der Waals surface area contributed by atoms with Crippen molar-refractivity contribution in [1.82, 2.24) is 0 Å². The quantitative estimate of drug-likeness (QED) is 0.172. The number of hydrogen-bond donors (Lipinski definition) is 6. The van der Waals surface area contributed by atoms with E-state index in [0.29, 0.717) is 0 Å². The normalized spacial score (nSPS) is 12.4. The molecule has 0 aliphatic carbocycles. The van der Waals surface area contributed by atoms with Crippen molar-refractivity contribution in [2.45, 2.75) is 0 Å². The molecule has 2 aromatic carbocycles. The highest BCUT2D eigenvalue weighted by Gasteiger charge is 2.29. The lowest BCUT2D eigenvalue weighted by molar-refractivity contribution is 0.258. The molecule has 0 saturated heterocycles. The van der Waals surface area contributed by atoms with Crippen LogP contribution in [-0.2, 0) is 13.7 Å². The third-order valence-electron chi connectivity index (χ3n) is 3.89. The van der Waals surface area contributed by atoms with E-state index in [-0.39, 0.29) is 34.1 Å². The van der Waals surface area contributed by atoms with Gasteiger partial charge in [-0.2, -0.15) is 0 Å². The third-order valence-corrected chi connectivity index (χ3v) is 5.16. The first-order chi connectivity index (χ1) is 16.1. The fourth-order valence-corrected chi connectivity index (χ4v) is 3.93. The number of phosphoric acid groups is 3. The van der Waals surface area contributed by atoms with Crippen LogP contribution >= 0.6 is 23.5 Å². The number of ether oxygens (including phenoxy) is 3. The highest BCUT2D eigenvalue weighted by atomic mass is 31.2. The Morgan fingerprint density at radius 3 is 1.60 bits per heavy atom. The minimum atomic E-state index is -5.25. The average molecular weight is 558 g/mol. The Labute approximate surface area is 198 Å². The first-order valence-corrected chi connectivity index (χ1v) is 13.6. The van der Waals surface area contributed by atoms with Gasteiger partial charge in [-0.05, 0) is 29.8 Å². The van der Waals surface area contributed by atoms with Gasteiger partial charge in [-0.25, -0.2) is 13.7 Å². The van der Waals surface area contributed by atoms with E-state index in [2.05, 4.69) is 13.6 Å². The lowest BCUT2D eigenvalue weighted by atomic mass is 10.1. The molecule has 0 saturated carbocycles. The molecule has 0 spiro atoms. The average Bonchev–Trinajstić information content (AvgIpc) is 2.70. The molecule has 0 atom stereocenters. The summed E-state index contributed by atoms with van der Waals surface area (Å²) in [6.45, 7) is 0. The van der Waals surface area contributed by atoms with Gasteiger partial charge in [0.25, 0.3) is 0 Å². The molecule has 0 fully saturated rings. The summed E-state index contributed by atoms with van der Waals surface area (Å²) in [7, 11) is -11.9. The lowest BCUT2D eigenvalue weighted by Crippen LogP contribution is -2.00. The van der Waals surface area contributed by atoms with Crippen molar-refractivity contribution in [3.05, 3.63) is 35.4 Å². The third kappa shape index (κ3) is 8.55. The Kier molecular flexibility index (Phi) is 9.01. The van der Waals surface area contributed by atoms with E-state index in [9.17, 15) is 33.3 Å². The maximum absolute atomic E-state index is 11.5. The summed E-state index contributed by atoms with van der Waals surface area (Å²) in [4.78, 5) is 55.3. The van der Waals surface area contributed by atoms with Crippen LogP contribution in [-0.4, -0.2) is 50.7 Å². The predicted octanol–water partition coefficient (Wildman–Crippen LogP) is 2.30. The Morgan fingerprint density at radius 2 is 1.11 bits per heavy atom. The fourth-order valence-electron chi connectivity index (χ4n) is 2.70. The minimum absolute atomic E-state index is 0.0186. The van der Waals surface area contributed by atoms with Crippen LogP contribution in [0, 0.1) is 0 Å². The van der Waals surface area contributed by atoms with Gasteiger partial charge in [-0.1, -0.05) is 12.2 Å². The van der Waals surface area contributed by atoms with Gasteiger partial charge in [0.15, 0.2) is 23.0 Å². The van der Waals surface area contributed by atoms with Crippen LogP contribution in [0.3, 0.4) is 0 Å². The summed E-state index contributed by atoms with van der Waals surface area (Å²) in [6.07, 6.45) is 2.48. The predicted molar refractivity (Wildman–Crippen MR) is 119 cm³/mol. The van der Waals surface area contributed by atoms with Crippen molar-refractivity contribution in [3.8, 4) is 34.5 Å². The van der Waals surface area contributed by atoms with Gasteiger partial charge >= 0.3 is 23.5 Å². The van der Waals surface area contributed by atoms with E-state index in [1.54, 1.807) is 0 Å². The molecule has 6 N–H and O–H groups in total. The Hall–Kier alpha value is -2.57. The zero-order valence-electron chi connectivity index (χ0n) is 18.2. The molecule has 0 radical (unpaired) electrons. The van der Waals surface area contributed by atoms with Gasteiger partial charge in [0.05, 0.1) is 21.3 Å². The van der Waals surface area contributed by atoms with E-state index in [1.807, 2.05) is 0 Å². The van der Waals surface area contributed by atoms with E-state index in [0.717, 1.165) is 13.2 Å². The van der Waals surface area contributed by atoms with Gasteiger partial charge in [-0.15, -0.1) is 0 Å². The molecule has 0 unspecified atom stereocenters. The smallest absolute Gasteiger partial charge is 0.493 e. The number of phosphoric ester groups is 3. The van der Waals surface area contributed by atoms with Gasteiger partial charge in [0.1, 0.15) is 0 Å². The van der Waals surface area contributed by atoms with Gasteiger partial charge in [0, 0.05) is 5.56 Å². The molecule has 15 nitrogen and oxygen atoms in total. The van der Waals surface area contributed by atoms with Crippen LogP contribution in [0.2, 0.25) is 0 Å². The van der Waals surface area contributed by atoms with Crippen LogP contribution in [0.5, 0.6) is 34.5 Å². The molecule has 0 aliphatic rings. The first kappa shape index (κ1) is 28.7. The summed E-state index contributed by atoms with van der Waals surface area (Å²) < 4.78 is 63.1. The summed E-state index contributed by atoms with van der Waals surface area (Å²) in [5.41, 5.74) is 0.0614. The summed E-state index contributed by atoms with van der Waals surface area (Å²) >= 11 is 0. The lowest BCUT2D eigenvalue weighted by Gasteiger charge is -2.18. The number of benzene rings is 2. The molecule has 0 heterocycles. The number of methoxy groups -OCH3 is 3. The number of rotatable bonds is 11. The van der Waals surface area contributed by atoms with Crippen LogP contribution in [0.25, 0.3) is 12.2 Å². The molecule has 0 amide bonds. The molecule has 194 valence electrons. The van der Waals surface area contributed by atoms with Gasteiger partial charge in [-0.3, -0.25) is 29.4 Å². The first-order valence-electron chi connectivity index (χ1n) is 8.97. The molecule has 0 aromatic heterocycles. The molecule has 0 aliphatic heterocycles. The minimum Gasteiger partial charge on any atom is -0.493 e. The second-order valence-electron chi connectivity index (χ2n) is 6.35. The van der Waals surface area contributed by atoms with E-state index in [1.165, 1.54) is 44.6 Å². The van der Waals surface area contributed by atoms with Crippen LogP contribution in [0.1, 0.15) is 11.1 Å². The summed E-state index contributed by atoms with van der Waals surface area (Å²) in [5, 5.41) is 0. The summed E-state index contributed by atoms with van der Waals surface area (Å²) in [5.74, 6) is -2.34. The molecule has 35 heavy (non-hydrogen) atoms. The second kappa shape index (κ2) is 11.0. The molecular weight excluding hydrogens is 537 g/mol. The highest BCUT2D eigenvalue weighted by Crippen LogP contribution is 2.53. The van der Waals surface area contributed by atoms with Crippen LogP contribution in [0.4, 0.5) is 0 Å². The topological polar surface area (TPSA) is 228 Å². The molecule has 2 aromatic rings. The Balaban J connectivity index is 2.68. The Morgan fingerprint density at radius 1 is 0.600 bits per heavy atom. The summed E-state index contributed by atoms with van der Waals surface area (Å²) in [6, 6.07) is 4.97. The van der Waals surface area contributed by atoms with Crippen molar-refractivity contribution in [3.63, 3.8) is 0 Å². The van der Waals surface area contributed by atoms with Crippen molar-refractivity contribution in [2.75, 3.05) is 21.3 Å². The van der Waals surface area contributed by atoms with Crippen LogP contribution < -0.4 is 27.8 Å². The largest absolute Gasteiger partial charge is 0.525 e. The van der Waals surface area contributed by atoms with Crippen LogP contribution in [0.15, 0.2) is 24.3 Å². The van der Waals surface area contributed by atoms with E-state index in [4.69, 9.17) is 24.0 Å². The monoisotopic (exact) mass is 558 g/mol. The maximum Gasteiger partial charge on any atom is 0.525 e. The van der Waals surface area contributed by atoms with Crippen molar-refractivity contribution < 1.29 is 70.8 Å². The maximum atomic E-state index is 11.5. The zero-order chi connectivity index (χ0) is 26.6. The Bertz CT molecular complexity index is 1240. The zero-order valence-corrected chi connectivity index (χ0v) is 20.8. The second-order valence-corrected chi connectivity index (χ2v) is 9.84. The standard InChI is InChI=1S/C17H21O15P3/c1-27-12-7-6-11(15(31-34(21,22)23)17(12)32-35(24,25)26)5-4-10-8-13(28-2)16(29-3)14(9-10)30-33(18,19)20/h4-9H,1-3H3,(H2,18,19,20)(H2,21,22,23)(H2,24,25,26)/b5-4-. The van der Waals surface area contributed by atoms with Gasteiger partial charge in [0.2, 0.25) is 11.5 Å². The molecule has 0 bridgehead atoms.